The Morgan fingerprint density at radius 1 is 1.50 bits per heavy atom. The van der Waals surface area contributed by atoms with Crippen molar-refractivity contribution in [2.75, 3.05) is 13.1 Å². The van der Waals surface area contributed by atoms with Crippen molar-refractivity contribution in [1.29, 1.82) is 0 Å². The summed E-state index contributed by atoms with van der Waals surface area (Å²) in [6.07, 6.45) is 0.767. The third-order valence-electron chi connectivity index (χ3n) is 2.80. The van der Waals surface area contributed by atoms with E-state index in [1.165, 1.54) is 0 Å². The van der Waals surface area contributed by atoms with Crippen molar-refractivity contribution < 1.29 is 14.4 Å². The molecule has 2 rings (SSSR count). The smallest absolute Gasteiger partial charge is 0.324 e. The molecule has 1 aliphatic rings. The molecule has 1 fully saturated rings. The Kier molecular flexibility index (Phi) is 5.13. The van der Waals surface area contributed by atoms with Crippen molar-refractivity contribution in [3.63, 3.8) is 0 Å². The molecule has 0 unspecified atom stereocenters. The van der Waals surface area contributed by atoms with Gasteiger partial charge in [-0.15, -0.1) is 11.3 Å². The number of imide groups is 1. The van der Waals surface area contributed by atoms with Gasteiger partial charge in [0.15, 0.2) is 0 Å². The summed E-state index contributed by atoms with van der Waals surface area (Å²) in [6, 6.07) is 1.58. The Bertz CT molecular complexity index is 516. The van der Waals surface area contributed by atoms with Gasteiger partial charge in [0.1, 0.15) is 0 Å². The predicted octanol–water partition coefficient (Wildman–Crippen LogP) is 1.46. The van der Waals surface area contributed by atoms with E-state index in [-0.39, 0.29) is 30.9 Å². The van der Waals surface area contributed by atoms with Crippen molar-refractivity contribution in [1.82, 2.24) is 15.5 Å². The fourth-order valence-electron chi connectivity index (χ4n) is 1.80. The molecule has 0 aromatic carbocycles. The molecule has 108 valence electrons. The molecule has 2 N–H and O–H groups in total. The second kappa shape index (κ2) is 6.85. The van der Waals surface area contributed by atoms with Gasteiger partial charge in [-0.25, -0.2) is 4.79 Å². The molecule has 1 aromatic heterocycles. The van der Waals surface area contributed by atoms with E-state index in [1.807, 2.05) is 11.4 Å². The first-order chi connectivity index (χ1) is 9.56. The number of nitrogens with zero attached hydrogens (tertiary/aromatic N) is 1. The highest BCUT2D eigenvalue weighted by molar-refractivity contribution is 9.10. The molecule has 0 spiro atoms. The van der Waals surface area contributed by atoms with Gasteiger partial charge in [-0.2, -0.15) is 0 Å². The lowest BCUT2D eigenvalue weighted by Gasteiger charge is -2.11. The van der Waals surface area contributed by atoms with Crippen LogP contribution in [0.2, 0.25) is 0 Å². The number of rotatable bonds is 6. The van der Waals surface area contributed by atoms with Crippen molar-refractivity contribution >= 4 is 45.1 Å². The van der Waals surface area contributed by atoms with Crippen LogP contribution in [0.25, 0.3) is 0 Å². The fourth-order valence-corrected chi connectivity index (χ4v) is 3.19. The molecule has 0 radical (unpaired) electrons. The molecular formula is C12H14BrN3O3S. The van der Waals surface area contributed by atoms with Gasteiger partial charge in [-0.05, 0) is 28.4 Å². The van der Waals surface area contributed by atoms with E-state index < -0.39 is 0 Å². The van der Waals surface area contributed by atoms with Gasteiger partial charge in [0.25, 0.3) is 0 Å². The monoisotopic (exact) mass is 359 g/mol. The Morgan fingerprint density at radius 2 is 2.30 bits per heavy atom. The SMILES string of the molecule is O=C(CCCN1C(=O)CNC1=O)NCc1cc(Br)cs1. The number of nitrogens with one attached hydrogen (secondary N) is 2. The van der Waals surface area contributed by atoms with Gasteiger partial charge >= 0.3 is 6.03 Å². The van der Waals surface area contributed by atoms with Gasteiger partial charge in [0.05, 0.1) is 13.1 Å². The predicted molar refractivity (Wildman–Crippen MR) is 78.2 cm³/mol. The quantitative estimate of drug-likeness (QED) is 0.754. The van der Waals surface area contributed by atoms with Crippen LogP contribution in [-0.2, 0) is 16.1 Å². The van der Waals surface area contributed by atoms with Crippen LogP contribution in [0, 0.1) is 0 Å². The molecule has 0 bridgehead atoms. The van der Waals surface area contributed by atoms with Gasteiger partial charge in [0, 0.05) is 27.7 Å². The summed E-state index contributed by atoms with van der Waals surface area (Å²) >= 11 is 4.92. The molecule has 2 heterocycles. The van der Waals surface area contributed by atoms with E-state index in [0.29, 0.717) is 19.4 Å². The van der Waals surface area contributed by atoms with Crippen LogP contribution in [0.3, 0.4) is 0 Å². The first-order valence-corrected chi connectivity index (χ1v) is 7.81. The third-order valence-corrected chi connectivity index (χ3v) is 4.50. The molecule has 0 saturated carbocycles. The Balaban J connectivity index is 1.65. The van der Waals surface area contributed by atoms with Crippen LogP contribution in [0.4, 0.5) is 4.79 Å². The lowest BCUT2D eigenvalue weighted by molar-refractivity contribution is -0.126. The molecule has 0 aliphatic carbocycles. The van der Waals surface area contributed by atoms with Crippen LogP contribution >= 0.6 is 27.3 Å². The van der Waals surface area contributed by atoms with Crippen molar-refractivity contribution in [3.8, 4) is 0 Å². The molecule has 0 atom stereocenters. The summed E-state index contributed by atoms with van der Waals surface area (Å²) in [6.45, 7) is 0.832. The number of hydrogen-bond acceptors (Lipinski definition) is 4. The molecule has 1 aromatic rings. The van der Waals surface area contributed by atoms with Crippen molar-refractivity contribution in [2.24, 2.45) is 0 Å². The zero-order chi connectivity index (χ0) is 14.5. The normalized spacial score (nSPS) is 14.6. The van der Waals surface area contributed by atoms with Crippen LogP contribution < -0.4 is 10.6 Å². The van der Waals surface area contributed by atoms with Crippen LogP contribution in [-0.4, -0.2) is 35.8 Å². The number of carbonyl (C=O) groups is 3. The van der Waals surface area contributed by atoms with E-state index in [1.54, 1.807) is 11.3 Å². The van der Waals surface area contributed by atoms with Crippen LogP contribution in [0.15, 0.2) is 15.9 Å². The number of hydrogen-bond donors (Lipinski definition) is 2. The second-order valence-corrected chi connectivity index (χ2v) is 6.23. The number of thiophene rings is 1. The fraction of sp³-hybridized carbons (Fsp3) is 0.417. The minimum atomic E-state index is -0.376. The Labute approximate surface area is 128 Å². The standard InChI is InChI=1S/C12H14BrN3O3S/c13-8-4-9(20-7-8)5-14-10(17)2-1-3-16-11(18)6-15-12(16)19/h4,7H,1-3,5-6H2,(H,14,17)(H,15,19). The van der Waals surface area contributed by atoms with Crippen LogP contribution in [0.1, 0.15) is 17.7 Å². The Morgan fingerprint density at radius 3 is 2.90 bits per heavy atom. The minimum Gasteiger partial charge on any atom is -0.351 e. The van der Waals surface area contributed by atoms with Gasteiger partial charge in [-0.3, -0.25) is 14.5 Å². The molecule has 6 nitrogen and oxygen atoms in total. The van der Waals surface area contributed by atoms with E-state index in [0.717, 1.165) is 14.2 Å². The number of amides is 4. The second-order valence-electron chi connectivity index (χ2n) is 4.32. The highest BCUT2D eigenvalue weighted by Gasteiger charge is 2.27. The first kappa shape index (κ1) is 15.0. The van der Waals surface area contributed by atoms with Crippen molar-refractivity contribution in [3.05, 3.63) is 20.8 Å². The third kappa shape index (κ3) is 4.04. The molecule has 1 aliphatic heterocycles. The highest BCUT2D eigenvalue weighted by atomic mass is 79.9. The molecular weight excluding hydrogens is 346 g/mol. The van der Waals surface area contributed by atoms with E-state index in [2.05, 4.69) is 26.6 Å². The zero-order valence-electron chi connectivity index (χ0n) is 10.6. The summed E-state index contributed by atoms with van der Waals surface area (Å²) in [5, 5.41) is 7.20. The van der Waals surface area contributed by atoms with Gasteiger partial charge in [0.2, 0.25) is 11.8 Å². The lowest BCUT2D eigenvalue weighted by Crippen LogP contribution is -2.32. The average Bonchev–Trinajstić information content (AvgIpc) is 2.96. The van der Waals surface area contributed by atoms with E-state index in [9.17, 15) is 14.4 Å². The topological polar surface area (TPSA) is 78.5 Å². The maximum absolute atomic E-state index is 11.6. The summed E-state index contributed by atoms with van der Waals surface area (Å²) in [7, 11) is 0. The molecule has 1 saturated heterocycles. The summed E-state index contributed by atoms with van der Waals surface area (Å²) in [5.41, 5.74) is 0. The van der Waals surface area contributed by atoms with Crippen LogP contribution in [0.5, 0.6) is 0 Å². The molecule has 4 amide bonds. The summed E-state index contributed by atoms with van der Waals surface area (Å²) < 4.78 is 1.00. The molecule has 8 heteroatoms. The molecule has 20 heavy (non-hydrogen) atoms. The minimum absolute atomic E-state index is 0.0539. The number of carbonyl (C=O) groups excluding carboxylic acids is 3. The van der Waals surface area contributed by atoms with Gasteiger partial charge < -0.3 is 10.6 Å². The van der Waals surface area contributed by atoms with Crippen molar-refractivity contribution in [2.45, 2.75) is 19.4 Å². The average molecular weight is 360 g/mol. The lowest BCUT2D eigenvalue weighted by atomic mass is 10.2. The maximum Gasteiger partial charge on any atom is 0.324 e. The van der Waals surface area contributed by atoms with E-state index >= 15 is 0 Å². The van der Waals surface area contributed by atoms with Gasteiger partial charge in [-0.1, -0.05) is 0 Å². The number of halogens is 1. The highest BCUT2D eigenvalue weighted by Crippen LogP contribution is 2.19. The summed E-state index contributed by atoms with van der Waals surface area (Å²) in [5.74, 6) is -0.319. The maximum atomic E-state index is 11.6. The Hall–Kier alpha value is -1.41. The first-order valence-electron chi connectivity index (χ1n) is 6.14. The van der Waals surface area contributed by atoms with E-state index in [4.69, 9.17) is 0 Å². The summed E-state index contributed by atoms with van der Waals surface area (Å²) in [4.78, 5) is 36.4. The zero-order valence-corrected chi connectivity index (χ0v) is 13.1. The largest absolute Gasteiger partial charge is 0.351 e. The number of urea groups is 1.